The first-order valence-corrected chi connectivity index (χ1v) is 7.34. The highest BCUT2D eigenvalue weighted by Crippen LogP contribution is 2.20. The van der Waals surface area contributed by atoms with Crippen LogP contribution in [0.3, 0.4) is 0 Å². The second-order valence-electron chi connectivity index (χ2n) is 4.59. The Morgan fingerprint density at radius 2 is 1.95 bits per heavy atom. The molecule has 0 unspecified atom stereocenters. The van der Waals surface area contributed by atoms with Crippen LogP contribution >= 0.6 is 15.9 Å². The van der Waals surface area contributed by atoms with Crippen molar-refractivity contribution in [2.45, 2.75) is 6.92 Å². The lowest BCUT2D eigenvalue weighted by Crippen LogP contribution is -2.15. The third-order valence-corrected chi connectivity index (χ3v) is 3.56. The minimum Gasteiger partial charge on any atom is -0.317 e. The normalized spacial score (nSPS) is 10.5. The molecule has 7 heteroatoms. The van der Waals surface area contributed by atoms with E-state index in [1.165, 1.54) is 6.33 Å². The van der Waals surface area contributed by atoms with Crippen LogP contribution in [0.2, 0.25) is 0 Å². The van der Waals surface area contributed by atoms with E-state index >= 15 is 0 Å². The molecule has 110 valence electrons. The summed E-state index contributed by atoms with van der Waals surface area (Å²) in [5, 5.41) is 6.91. The molecule has 6 nitrogen and oxygen atoms in total. The van der Waals surface area contributed by atoms with Gasteiger partial charge in [-0.25, -0.2) is 14.6 Å². The number of pyridine rings is 1. The maximum atomic E-state index is 12.2. The number of rotatable bonds is 3. The van der Waals surface area contributed by atoms with Crippen molar-refractivity contribution < 1.29 is 4.79 Å². The quantitative estimate of drug-likeness (QED) is 0.731. The monoisotopic (exact) mass is 357 g/mol. The Bertz CT molecular complexity index is 816. The maximum absolute atomic E-state index is 12.2. The summed E-state index contributed by atoms with van der Waals surface area (Å²) in [6, 6.07) is 13.1. The number of nitrogens with one attached hydrogen (secondary N) is 1. The zero-order valence-electron chi connectivity index (χ0n) is 11.7. The van der Waals surface area contributed by atoms with Crippen LogP contribution in [0.5, 0.6) is 0 Å². The van der Waals surface area contributed by atoms with Gasteiger partial charge in [-0.1, -0.05) is 18.2 Å². The van der Waals surface area contributed by atoms with Gasteiger partial charge in [-0.3, -0.25) is 4.79 Å². The fourth-order valence-electron chi connectivity index (χ4n) is 1.87. The van der Waals surface area contributed by atoms with E-state index in [0.717, 1.165) is 11.4 Å². The molecule has 2 aromatic heterocycles. The van der Waals surface area contributed by atoms with Crippen LogP contribution in [0, 0.1) is 6.92 Å². The minimum absolute atomic E-state index is 0.0938. The number of amides is 1. The highest BCUT2D eigenvalue weighted by molar-refractivity contribution is 9.10. The fourth-order valence-corrected chi connectivity index (χ4v) is 2.38. The molecule has 0 fully saturated rings. The van der Waals surface area contributed by atoms with Gasteiger partial charge in [0.2, 0.25) is 5.82 Å². The van der Waals surface area contributed by atoms with E-state index in [-0.39, 0.29) is 11.7 Å². The van der Waals surface area contributed by atoms with Gasteiger partial charge in [0.15, 0.2) is 0 Å². The summed E-state index contributed by atoms with van der Waals surface area (Å²) in [6.45, 7) is 1.87. The standard InChI is InChI=1S/C15H12BrN5O/c1-10-7-8-12(13(16)18-10)19-15(22)14-17-9-21(20-14)11-5-3-2-4-6-11/h2-9H,1H3,(H,19,22). The van der Waals surface area contributed by atoms with Gasteiger partial charge in [0.05, 0.1) is 11.4 Å². The molecule has 2 heterocycles. The molecule has 22 heavy (non-hydrogen) atoms. The van der Waals surface area contributed by atoms with E-state index in [4.69, 9.17) is 0 Å². The molecule has 0 radical (unpaired) electrons. The van der Waals surface area contributed by atoms with E-state index in [0.29, 0.717) is 10.3 Å². The highest BCUT2D eigenvalue weighted by Gasteiger charge is 2.14. The first kappa shape index (κ1) is 14.4. The number of aromatic nitrogens is 4. The predicted octanol–water partition coefficient (Wildman–Crippen LogP) is 2.99. The van der Waals surface area contributed by atoms with E-state index in [1.54, 1.807) is 10.7 Å². The van der Waals surface area contributed by atoms with E-state index < -0.39 is 0 Å². The topological polar surface area (TPSA) is 72.7 Å². The van der Waals surface area contributed by atoms with Crippen molar-refractivity contribution in [2.24, 2.45) is 0 Å². The summed E-state index contributed by atoms with van der Waals surface area (Å²) in [7, 11) is 0. The Hall–Kier alpha value is -2.54. The van der Waals surface area contributed by atoms with E-state index in [2.05, 4.69) is 36.3 Å². The Labute approximate surface area is 135 Å². The van der Waals surface area contributed by atoms with E-state index in [1.807, 2.05) is 43.3 Å². The summed E-state index contributed by atoms with van der Waals surface area (Å²) in [4.78, 5) is 20.5. The van der Waals surface area contributed by atoms with Gasteiger partial charge in [0, 0.05) is 5.69 Å². The van der Waals surface area contributed by atoms with Crippen LogP contribution in [0.4, 0.5) is 5.69 Å². The molecule has 3 aromatic rings. The number of carbonyl (C=O) groups excluding carboxylic acids is 1. The minimum atomic E-state index is -0.388. The molecule has 0 aliphatic rings. The maximum Gasteiger partial charge on any atom is 0.295 e. The van der Waals surface area contributed by atoms with Crippen LogP contribution < -0.4 is 5.32 Å². The third kappa shape index (κ3) is 3.04. The fraction of sp³-hybridized carbons (Fsp3) is 0.0667. The Balaban J connectivity index is 1.80. The molecular formula is C15H12BrN5O. The van der Waals surface area contributed by atoms with Crippen molar-refractivity contribution in [3.8, 4) is 5.69 Å². The Kier molecular flexibility index (Phi) is 3.97. The molecule has 0 aliphatic heterocycles. The first-order chi connectivity index (χ1) is 10.6. The predicted molar refractivity (Wildman–Crippen MR) is 86.0 cm³/mol. The molecule has 0 aliphatic carbocycles. The number of anilines is 1. The average molecular weight is 358 g/mol. The largest absolute Gasteiger partial charge is 0.317 e. The highest BCUT2D eigenvalue weighted by atomic mass is 79.9. The lowest BCUT2D eigenvalue weighted by Gasteiger charge is -2.05. The summed E-state index contributed by atoms with van der Waals surface area (Å²) in [5.74, 6) is -0.294. The van der Waals surface area contributed by atoms with Gasteiger partial charge in [-0.2, -0.15) is 0 Å². The second kappa shape index (κ2) is 6.07. The lowest BCUT2D eigenvalue weighted by atomic mass is 10.3. The average Bonchev–Trinajstić information content (AvgIpc) is 3.01. The van der Waals surface area contributed by atoms with Gasteiger partial charge in [0.1, 0.15) is 10.9 Å². The number of para-hydroxylation sites is 1. The second-order valence-corrected chi connectivity index (χ2v) is 5.34. The SMILES string of the molecule is Cc1ccc(NC(=O)c2ncn(-c3ccccc3)n2)c(Br)n1. The van der Waals surface area contributed by atoms with Crippen molar-refractivity contribution in [3.63, 3.8) is 0 Å². The summed E-state index contributed by atoms with van der Waals surface area (Å²) in [6.07, 6.45) is 1.51. The van der Waals surface area contributed by atoms with Crippen LogP contribution in [0.15, 0.2) is 53.4 Å². The number of carbonyl (C=O) groups is 1. The van der Waals surface area contributed by atoms with Crippen LogP contribution in [-0.4, -0.2) is 25.7 Å². The van der Waals surface area contributed by atoms with Gasteiger partial charge in [0.25, 0.3) is 5.91 Å². The summed E-state index contributed by atoms with van der Waals surface area (Å²) in [5.41, 5.74) is 2.27. The Morgan fingerprint density at radius 3 is 2.68 bits per heavy atom. The molecule has 0 spiro atoms. The smallest absolute Gasteiger partial charge is 0.295 e. The van der Waals surface area contributed by atoms with Crippen LogP contribution in [0.25, 0.3) is 5.69 Å². The molecular weight excluding hydrogens is 346 g/mol. The summed E-state index contributed by atoms with van der Waals surface area (Å²) < 4.78 is 2.13. The number of aryl methyl sites for hydroxylation is 1. The van der Waals surface area contributed by atoms with Crippen LogP contribution in [-0.2, 0) is 0 Å². The molecule has 1 aromatic carbocycles. The Morgan fingerprint density at radius 1 is 1.18 bits per heavy atom. The number of hydrogen-bond acceptors (Lipinski definition) is 4. The molecule has 3 rings (SSSR count). The number of benzene rings is 1. The van der Waals surface area contributed by atoms with Gasteiger partial charge in [-0.15, -0.1) is 5.10 Å². The van der Waals surface area contributed by atoms with E-state index in [9.17, 15) is 4.79 Å². The number of hydrogen-bond donors (Lipinski definition) is 1. The van der Waals surface area contributed by atoms with Crippen molar-refractivity contribution in [1.29, 1.82) is 0 Å². The van der Waals surface area contributed by atoms with Gasteiger partial charge >= 0.3 is 0 Å². The number of halogens is 1. The molecule has 0 saturated carbocycles. The van der Waals surface area contributed by atoms with Gasteiger partial charge < -0.3 is 5.32 Å². The van der Waals surface area contributed by atoms with Crippen molar-refractivity contribution in [3.05, 3.63) is 64.9 Å². The molecule has 1 N–H and O–H groups in total. The number of nitrogens with zero attached hydrogens (tertiary/aromatic N) is 4. The zero-order chi connectivity index (χ0) is 15.5. The van der Waals surface area contributed by atoms with Crippen molar-refractivity contribution in [2.75, 3.05) is 5.32 Å². The van der Waals surface area contributed by atoms with Crippen molar-refractivity contribution in [1.82, 2.24) is 19.7 Å². The molecule has 0 saturated heterocycles. The van der Waals surface area contributed by atoms with Crippen LogP contribution in [0.1, 0.15) is 16.3 Å². The first-order valence-electron chi connectivity index (χ1n) is 6.55. The molecule has 0 atom stereocenters. The summed E-state index contributed by atoms with van der Waals surface area (Å²) >= 11 is 3.32. The zero-order valence-corrected chi connectivity index (χ0v) is 13.3. The molecule has 0 bridgehead atoms. The molecule has 1 amide bonds. The lowest BCUT2D eigenvalue weighted by molar-refractivity contribution is 0.101. The third-order valence-electron chi connectivity index (χ3n) is 2.95. The van der Waals surface area contributed by atoms with Crippen molar-refractivity contribution >= 4 is 27.5 Å². The van der Waals surface area contributed by atoms with Gasteiger partial charge in [-0.05, 0) is 47.1 Å².